The number of ether oxygens (including phenoxy) is 2. The van der Waals surface area contributed by atoms with E-state index in [1.807, 2.05) is 80.6 Å². The first-order valence-electron chi connectivity index (χ1n) is 14.1. The van der Waals surface area contributed by atoms with E-state index in [0.717, 1.165) is 34.2 Å². The van der Waals surface area contributed by atoms with Gasteiger partial charge >= 0.3 is 12.1 Å². The third kappa shape index (κ3) is 7.52. The van der Waals surface area contributed by atoms with Crippen LogP contribution in [0, 0.1) is 5.92 Å². The molecule has 0 aromatic heterocycles. The molecule has 216 valence electrons. The molecule has 3 N–H and O–H groups in total. The second-order valence-electron chi connectivity index (χ2n) is 10.6. The Labute approximate surface area is 241 Å². The summed E-state index contributed by atoms with van der Waals surface area (Å²) in [5, 5.41) is 15.1. The predicted molar refractivity (Wildman–Crippen MR) is 156 cm³/mol. The molecular formula is C33H38N2O6. The molecule has 8 heteroatoms. The van der Waals surface area contributed by atoms with Crippen molar-refractivity contribution in [3.63, 3.8) is 0 Å². The van der Waals surface area contributed by atoms with E-state index in [1.54, 1.807) is 6.92 Å². The number of rotatable bonds is 13. The van der Waals surface area contributed by atoms with Gasteiger partial charge in [0.1, 0.15) is 12.6 Å². The smallest absolute Gasteiger partial charge is 0.407 e. The number of aliphatic carboxylic acids is 1. The number of fused-ring (bicyclic) bond motifs is 3. The Morgan fingerprint density at radius 2 is 1.44 bits per heavy atom. The maximum atomic E-state index is 13.3. The number of carboxylic acid groups (broad SMARTS) is 1. The Balaban J connectivity index is 1.40. The largest absolute Gasteiger partial charge is 0.480 e. The molecule has 8 nitrogen and oxygen atoms in total. The Kier molecular flexibility index (Phi) is 10.1. The van der Waals surface area contributed by atoms with Crippen molar-refractivity contribution in [2.75, 3.05) is 6.61 Å². The van der Waals surface area contributed by atoms with Crippen LogP contribution in [0.4, 0.5) is 4.79 Å². The fourth-order valence-corrected chi connectivity index (χ4v) is 5.11. The van der Waals surface area contributed by atoms with Gasteiger partial charge < -0.3 is 25.2 Å². The fraction of sp³-hybridized carbons (Fsp3) is 0.364. The lowest BCUT2D eigenvalue weighted by atomic mass is 9.98. The van der Waals surface area contributed by atoms with E-state index in [2.05, 4.69) is 22.8 Å². The van der Waals surface area contributed by atoms with E-state index in [1.165, 1.54) is 0 Å². The van der Waals surface area contributed by atoms with E-state index in [9.17, 15) is 19.5 Å². The van der Waals surface area contributed by atoms with Crippen molar-refractivity contribution in [2.45, 2.75) is 64.3 Å². The van der Waals surface area contributed by atoms with E-state index in [0.29, 0.717) is 6.42 Å². The van der Waals surface area contributed by atoms with Crippen LogP contribution in [0.1, 0.15) is 56.2 Å². The summed E-state index contributed by atoms with van der Waals surface area (Å²) in [5.41, 5.74) is 5.30. The molecule has 4 unspecified atom stereocenters. The Morgan fingerprint density at radius 1 is 0.854 bits per heavy atom. The lowest BCUT2D eigenvalue weighted by Crippen LogP contribution is -2.55. The number of benzene rings is 3. The minimum atomic E-state index is -1.30. The second-order valence-corrected chi connectivity index (χ2v) is 10.6. The number of carbonyl (C=O) groups is 3. The number of nitrogens with one attached hydrogen (secondary N) is 2. The molecule has 3 aromatic carbocycles. The highest BCUT2D eigenvalue weighted by Gasteiger charge is 2.33. The maximum Gasteiger partial charge on any atom is 0.407 e. The summed E-state index contributed by atoms with van der Waals surface area (Å²) in [6.45, 7) is 5.88. The highest BCUT2D eigenvalue weighted by atomic mass is 16.5. The average Bonchev–Trinajstić information content (AvgIpc) is 3.31. The fourth-order valence-electron chi connectivity index (χ4n) is 5.11. The lowest BCUT2D eigenvalue weighted by molar-refractivity contribution is -0.146. The molecule has 41 heavy (non-hydrogen) atoms. The summed E-state index contributed by atoms with van der Waals surface area (Å²) in [7, 11) is 0. The van der Waals surface area contributed by atoms with Crippen LogP contribution in [0.2, 0.25) is 0 Å². The van der Waals surface area contributed by atoms with E-state index in [-0.39, 0.29) is 25.0 Å². The predicted octanol–water partition coefficient (Wildman–Crippen LogP) is 5.50. The van der Waals surface area contributed by atoms with Gasteiger partial charge in [0.2, 0.25) is 5.91 Å². The summed E-state index contributed by atoms with van der Waals surface area (Å²) < 4.78 is 11.4. The quantitative estimate of drug-likeness (QED) is 0.255. The summed E-state index contributed by atoms with van der Waals surface area (Å²) >= 11 is 0. The zero-order valence-corrected chi connectivity index (χ0v) is 23.7. The first-order chi connectivity index (χ1) is 19.8. The average molecular weight is 559 g/mol. The molecule has 1 aliphatic rings. The molecule has 2 amide bonds. The summed E-state index contributed by atoms with van der Waals surface area (Å²) in [4.78, 5) is 38.3. The van der Waals surface area contributed by atoms with Crippen LogP contribution in [0.15, 0.2) is 78.9 Å². The highest BCUT2D eigenvalue weighted by molar-refractivity contribution is 5.89. The van der Waals surface area contributed by atoms with Crippen LogP contribution in [0.5, 0.6) is 0 Å². The summed E-state index contributed by atoms with van der Waals surface area (Å²) in [6.07, 6.45) is -0.418. The molecule has 4 atom stereocenters. The van der Waals surface area contributed by atoms with Crippen molar-refractivity contribution in [1.82, 2.24) is 10.6 Å². The van der Waals surface area contributed by atoms with Crippen LogP contribution in [-0.4, -0.2) is 47.9 Å². The topological polar surface area (TPSA) is 114 Å². The van der Waals surface area contributed by atoms with Crippen molar-refractivity contribution in [1.29, 1.82) is 0 Å². The first kappa shape index (κ1) is 29.8. The molecule has 0 saturated carbocycles. The molecule has 0 fully saturated rings. The molecule has 0 spiro atoms. The SMILES string of the molecule is CCC(C)CC(NC(=O)OCC1c2ccccc2-c2ccccc21)C(=O)NC(C(=O)O)C(C)OCc1ccccc1. The molecular weight excluding hydrogens is 520 g/mol. The number of hydrogen-bond acceptors (Lipinski definition) is 5. The van der Waals surface area contributed by atoms with Crippen LogP contribution in [-0.2, 0) is 25.7 Å². The van der Waals surface area contributed by atoms with E-state index in [4.69, 9.17) is 9.47 Å². The number of carbonyl (C=O) groups excluding carboxylic acids is 2. The highest BCUT2D eigenvalue weighted by Crippen LogP contribution is 2.44. The minimum absolute atomic E-state index is 0.106. The molecule has 4 rings (SSSR count). The maximum absolute atomic E-state index is 13.3. The zero-order chi connectivity index (χ0) is 29.4. The number of carboxylic acids is 1. The van der Waals surface area contributed by atoms with Gasteiger partial charge in [-0.25, -0.2) is 9.59 Å². The van der Waals surface area contributed by atoms with Crippen LogP contribution in [0.3, 0.4) is 0 Å². The van der Waals surface area contributed by atoms with Gasteiger partial charge in [-0.3, -0.25) is 4.79 Å². The number of alkyl carbamates (subject to hydrolysis) is 1. The zero-order valence-electron chi connectivity index (χ0n) is 23.7. The molecule has 0 heterocycles. The monoisotopic (exact) mass is 558 g/mol. The van der Waals surface area contributed by atoms with Gasteiger partial charge in [0.05, 0.1) is 12.7 Å². The Hall–Kier alpha value is -4.17. The third-order valence-electron chi connectivity index (χ3n) is 7.68. The molecule has 3 aromatic rings. The van der Waals surface area contributed by atoms with Gasteiger partial charge in [0.25, 0.3) is 0 Å². The van der Waals surface area contributed by atoms with Crippen molar-refractivity contribution in [2.24, 2.45) is 5.92 Å². The van der Waals surface area contributed by atoms with Gasteiger partial charge in [-0.15, -0.1) is 0 Å². The first-order valence-corrected chi connectivity index (χ1v) is 14.1. The van der Waals surface area contributed by atoms with Crippen LogP contribution < -0.4 is 10.6 Å². The van der Waals surface area contributed by atoms with Crippen molar-refractivity contribution in [3.05, 3.63) is 95.6 Å². The normalized spacial score (nSPS) is 15.1. The molecule has 0 aliphatic heterocycles. The van der Waals surface area contributed by atoms with Crippen molar-refractivity contribution in [3.8, 4) is 11.1 Å². The molecule has 0 saturated heterocycles. The van der Waals surface area contributed by atoms with Crippen molar-refractivity contribution >= 4 is 18.0 Å². The third-order valence-corrected chi connectivity index (χ3v) is 7.68. The van der Waals surface area contributed by atoms with Gasteiger partial charge in [-0.2, -0.15) is 0 Å². The standard InChI is InChI=1S/C33H38N2O6/c1-4-21(2)18-29(31(36)35-30(32(37)38)22(3)40-19-23-12-6-5-7-13-23)34-33(39)41-20-28-26-16-10-8-14-24(26)25-15-9-11-17-27(25)28/h5-17,21-22,28-30H,4,18-20H2,1-3H3,(H,34,39)(H,35,36)(H,37,38). The van der Waals surface area contributed by atoms with E-state index < -0.39 is 36.2 Å². The van der Waals surface area contributed by atoms with E-state index >= 15 is 0 Å². The van der Waals surface area contributed by atoms with Gasteiger partial charge in [-0.05, 0) is 47.1 Å². The molecule has 0 radical (unpaired) electrons. The molecule has 0 bridgehead atoms. The van der Waals surface area contributed by atoms with Gasteiger partial charge in [0.15, 0.2) is 6.04 Å². The Morgan fingerprint density at radius 3 is 2.02 bits per heavy atom. The van der Waals surface area contributed by atoms with Crippen molar-refractivity contribution < 1.29 is 29.0 Å². The summed E-state index contributed by atoms with van der Waals surface area (Å²) in [5.74, 6) is -1.83. The molecule has 1 aliphatic carbocycles. The summed E-state index contributed by atoms with van der Waals surface area (Å²) in [6, 6.07) is 23.2. The van der Waals surface area contributed by atoms with Crippen LogP contribution >= 0.6 is 0 Å². The lowest BCUT2D eigenvalue weighted by Gasteiger charge is -2.26. The number of hydrogen-bond donors (Lipinski definition) is 3. The second kappa shape index (κ2) is 13.9. The van der Waals surface area contributed by atoms with Gasteiger partial charge in [0, 0.05) is 5.92 Å². The van der Waals surface area contributed by atoms with Gasteiger partial charge in [-0.1, -0.05) is 99.1 Å². The number of amides is 2. The van der Waals surface area contributed by atoms with Crippen LogP contribution in [0.25, 0.3) is 11.1 Å². The minimum Gasteiger partial charge on any atom is -0.480 e. The Bertz CT molecular complexity index is 1300.